The van der Waals surface area contributed by atoms with Crippen LogP contribution in [0.15, 0.2) is 37.0 Å². The molecule has 4 heteroatoms. The van der Waals surface area contributed by atoms with Crippen LogP contribution >= 0.6 is 0 Å². The van der Waals surface area contributed by atoms with E-state index in [0.717, 1.165) is 6.08 Å². The van der Waals surface area contributed by atoms with E-state index in [9.17, 15) is 13.2 Å². The van der Waals surface area contributed by atoms with Gasteiger partial charge in [0.15, 0.2) is 0 Å². The van der Waals surface area contributed by atoms with Gasteiger partial charge >= 0.3 is 6.18 Å². The van der Waals surface area contributed by atoms with E-state index in [1.165, 1.54) is 19.2 Å². The highest BCUT2D eigenvalue weighted by atomic mass is 19.4. The van der Waals surface area contributed by atoms with Gasteiger partial charge in [-0.3, -0.25) is 0 Å². The van der Waals surface area contributed by atoms with E-state index in [0.29, 0.717) is 0 Å². The van der Waals surface area contributed by atoms with E-state index in [1.807, 2.05) is 13.8 Å². The highest BCUT2D eigenvalue weighted by Gasteiger charge is 2.39. The first-order chi connectivity index (χ1) is 6.97. The number of likely N-dealkylation sites (N-methyl/N-ethyl adjacent to an activating group) is 1. The highest BCUT2D eigenvalue weighted by Crippen LogP contribution is 2.25. The van der Waals surface area contributed by atoms with Crippen molar-refractivity contribution in [1.29, 1.82) is 0 Å². The van der Waals surface area contributed by atoms with Gasteiger partial charge < -0.3 is 5.32 Å². The number of allylic oxidation sites excluding steroid dienone is 2. The quantitative estimate of drug-likeness (QED) is 0.717. The zero-order chi connectivity index (χ0) is 12.5. The van der Waals surface area contributed by atoms with E-state index in [-0.39, 0.29) is 5.57 Å². The molecule has 0 saturated carbocycles. The molecule has 1 nitrogen and oxygen atoms in total. The van der Waals surface area contributed by atoms with E-state index < -0.39 is 12.2 Å². The van der Waals surface area contributed by atoms with Crippen LogP contribution in [0.2, 0.25) is 0 Å². The lowest BCUT2D eigenvalue weighted by atomic mass is 10.1. The molecule has 0 rings (SSSR count). The third kappa shape index (κ3) is 6.12. The Kier molecular flexibility index (Phi) is 9.07. The van der Waals surface area contributed by atoms with Crippen LogP contribution in [-0.2, 0) is 0 Å². The maximum Gasteiger partial charge on any atom is 0.407 e. The van der Waals surface area contributed by atoms with Gasteiger partial charge in [-0.1, -0.05) is 45.2 Å². The van der Waals surface area contributed by atoms with Gasteiger partial charge in [0.25, 0.3) is 0 Å². The fourth-order valence-electron chi connectivity index (χ4n) is 0.938. The van der Waals surface area contributed by atoms with Crippen molar-refractivity contribution in [3.05, 3.63) is 37.0 Å². The molecule has 1 atom stereocenters. The van der Waals surface area contributed by atoms with Crippen molar-refractivity contribution in [3.8, 4) is 0 Å². The molecule has 0 bridgehead atoms. The first-order valence-corrected chi connectivity index (χ1v) is 4.66. The van der Waals surface area contributed by atoms with Gasteiger partial charge in [0, 0.05) is 0 Å². The van der Waals surface area contributed by atoms with Crippen molar-refractivity contribution in [2.24, 2.45) is 0 Å². The second kappa shape index (κ2) is 8.29. The second-order valence-corrected chi connectivity index (χ2v) is 2.37. The molecule has 0 spiro atoms. The molecule has 0 aliphatic heterocycles. The first-order valence-electron chi connectivity index (χ1n) is 4.66. The van der Waals surface area contributed by atoms with E-state index in [4.69, 9.17) is 0 Å². The molecule has 0 heterocycles. The van der Waals surface area contributed by atoms with Crippen LogP contribution in [-0.4, -0.2) is 19.3 Å². The Hall–Kier alpha value is -1.03. The van der Waals surface area contributed by atoms with Gasteiger partial charge in [0.1, 0.15) is 6.04 Å². The van der Waals surface area contributed by atoms with E-state index in [1.54, 1.807) is 0 Å². The maximum absolute atomic E-state index is 12.3. The fourth-order valence-corrected chi connectivity index (χ4v) is 0.938. The number of hydrogen-bond acceptors (Lipinski definition) is 1. The van der Waals surface area contributed by atoms with Gasteiger partial charge in [-0.25, -0.2) is 0 Å². The minimum Gasteiger partial charge on any atom is -0.306 e. The number of nitrogens with one attached hydrogen (secondary N) is 1. The minimum absolute atomic E-state index is 0.0602. The standard InChI is InChI=1S/C9H12F3N.C2H6/c1-4-6-7(5-2)8(13-3)9(10,11)12;1-2/h4-6,8,13H,1-2H2,3H3;1-2H3/b7-6+;. The molecule has 0 amide bonds. The largest absolute Gasteiger partial charge is 0.407 e. The third-order valence-corrected chi connectivity index (χ3v) is 1.50. The van der Waals surface area contributed by atoms with Gasteiger partial charge in [-0.2, -0.15) is 13.2 Å². The average Bonchev–Trinajstić information content (AvgIpc) is 2.18. The van der Waals surface area contributed by atoms with Crippen LogP contribution in [0.5, 0.6) is 0 Å². The summed E-state index contributed by atoms with van der Waals surface area (Å²) < 4.78 is 36.9. The predicted molar refractivity (Wildman–Crippen MR) is 58.7 cm³/mol. The van der Waals surface area contributed by atoms with Crippen molar-refractivity contribution in [2.75, 3.05) is 7.05 Å². The molecule has 0 aromatic carbocycles. The minimum atomic E-state index is -4.31. The summed E-state index contributed by atoms with van der Waals surface area (Å²) in [4.78, 5) is 0. The van der Waals surface area contributed by atoms with E-state index >= 15 is 0 Å². The summed E-state index contributed by atoms with van der Waals surface area (Å²) in [6.07, 6.45) is -0.567. The number of rotatable bonds is 4. The molecule has 15 heavy (non-hydrogen) atoms. The Morgan fingerprint density at radius 2 is 1.73 bits per heavy atom. The van der Waals surface area contributed by atoms with Gasteiger partial charge in [0.2, 0.25) is 0 Å². The number of halogens is 3. The molecular weight excluding hydrogens is 203 g/mol. The summed E-state index contributed by atoms with van der Waals surface area (Å²) in [6, 6.07) is -1.68. The van der Waals surface area contributed by atoms with Crippen LogP contribution in [0, 0.1) is 0 Å². The molecule has 1 unspecified atom stereocenters. The molecule has 0 radical (unpaired) electrons. The Balaban J connectivity index is 0. The normalized spacial score (nSPS) is 13.6. The van der Waals surface area contributed by atoms with Crippen LogP contribution < -0.4 is 5.32 Å². The summed E-state index contributed by atoms with van der Waals surface area (Å²) in [5.41, 5.74) is 0.0602. The molecule has 0 fully saturated rings. The molecule has 1 N–H and O–H groups in total. The van der Waals surface area contributed by atoms with Crippen molar-refractivity contribution < 1.29 is 13.2 Å². The van der Waals surface area contributed by atoms with Crippen molar-refractivity contribution in [1.82, 2.24) is 5.32 Å². The third-order valence-electron chi connectivity index (χ3n) is 1.50. The monoisotopic (exact) mass is 221 g/mol. The maximum atomic E-state index is 12.3. The highest BCUT2D eigenvalue weighted by molar-refractivity contribution is 5.28. The molecule has 0 aromatic heterocycles. The van der Waals surface area contributed by atoms with Crippen LogP contribution in [0.4, 0.5) is 13.2 Å². The van der Waals surface area contributed by atoms with Crippen LogP contribution in [0.1, 0.15) is 13.8 Å². The summed E-state index contributed by atoms with van der Waals surface area (Å²) >= 11 is 0. The lowest BCUT2D eigenvalue weighted by Gasteiger charge is -2.20. The number of hydrogen-bond donors (Lipinski definition) is 1. The number of alkyl halides is 3. The fraction of sp³-hybridized carbons (Fsp3) is 0.455. The van der Waals surface area contributed by atoms with Crippen LogP contribution in [0.25, 0.3) is 0 Å². The average molecular weight is 221 g/mol. The molecular formula is C11H18F3N. The lowest BCUT2D eigenvalue weighted by molar-refractivity contribution is -0.144. The Morgan fingerprint density at radius 1 is 1.27 bits per heavy atom. The van der Waals surface area contributed by atoms with E-state index in [2.05, 4.69) is 18.5 Å². The molecule has 0 aliphatic rings. The Bertz CT molecular complexity index is 216. The van der Waals surface area contributed by atoms with Crippen molar-refractivity contribution in [2.45, 2.75) is 26.1 Å². The van der Waals surface area contributed by atoms with Crippen LogP contribution in [0.3, 0.4) is 0 Å². The topological polar surface area (TPSA) is 12.0 Å². The SMILES string of the molecule is C=C/C=C(\C=C)C(NC)C(F)(F)F.CC. The Morgan fingerprint density at radius 3 is 1.93 bits per heavy atom. The molecule has 88 valence electrons. The predicted octanol–water partition coefficient (Wildman–Crippen LogP) is 3.46. The summed E-state index contributed by atoms with van der Waals surface area (Å²) in [5, 5.41) is 2.17. The lowest BCUT2D eigenvalue weighted by Crippen LogP contribution is -2.41. The smallest absolute Gasteiger partial charge is 0.306 e. The van der Waals surface area contributed by atoms with Crippen molar-refractivity contribution >= 4 is 0 Å². The summed E-state index contributed by atoms with van der Waals surface area (Å²) in [5.74, 6) is 0. The first kappa shape index (κ1) is 16.4. The van der Waals surface area contributed by atoms with Gasteiger partial charge in [0.05, 0.1) is 0 Å². The molecule has 0 aliphatic carbocycles. The van der Waals surface area contributed by atoms with Gasteiger partial charge in [-0.15, -0.1) is 0 Å². The van der Waals surface area contributed by atoms with Gasteiger partial charge in [-0.05, 0) is 12.6 Å². The zero-order valence-corrected chi connectivity index (χ0v) is 9.36. The Labute approximate surface area is 89.4 Å². The molecule has 0 aromatic rings. The summed E-state index contributed by atoms with van der Waals surface area (Å²) in [7, 11) is 1.25. The second-order valence-electron chi connectivity index (χ2n) is 2.37. The van der Waals surface area contributed by atoms with Crippen molar-refractivity contribution in [3.63, 3.8) is 0 Å². The summed E-state index contributed by atoms with van der Waals surface area (Å²) in [6.45, 7) is 10.6. The molecule has 0 saturated heterocycles. The zero-order valence-electron chi connectivity index (χ0n) is 9.36.